The molecule has 1 N–H and O–H groups in total. The summed E-state index contributed by atoms with van der Waals surface area (Å²) in [7, 11) is 0. The molecular formula is C6H7N3. The van der Waals surface area contributed by atoms with Crippen LogP contribution in [0.5, 0.6) is 0 Å². The third kappa shape index (κ3) is 0.650. The van der Waals surface area contributed by atoms with E-state index in [0.29, 0.717) is 0 Å². The quantitative estimate of drug-likeness (QED) is 0.479. The van der Waals surface area contributed by atoms with Crippen LogP contribution < -0.4 is 5.32 Å². The molecule has 1 atom stereocenters. The van der Waals surface area contributed by atoms with Gasteiger partial charge in [0.15, 0.2) is 0 Å². The Kier molecular flexibility index (Phi) is 0.886. The Morgan fingerprint density at radius 3 is 3.56 bits per heavy atom. The van der Waals surface area contributed by atoms with Crippen molar-refractivity contribution in [3.63, 3.8) is 0 Å². The van der Waals surface area contributed by atoms with E-state index in [2.05, 4.69) is 15.3 Å². The van der Waals surface area contributed by atoms with Gasteiger partial charge in [-0.25, -0.2) is 4.99 Å². The van der Waals surface area contributed by atoms with Gasteiger partial charge in [0.05, 0.1) is 5.71 Å². The molecule has 0 amide bonds. The standard InChI is InChI=1S/C6H7N3/c1-2-7-3-6-5(1)8-4-9-6/h1-2,4,6-7H,3H2. The first-order valence-corrected chi connectivity index (χ1v) is 2.96. The molecule has 0 saturated heterocycles. The summed E-state index contributed by atoms with van der Waals surface area (Å²) in [6, 6.07) is 0.287. The minimum Gasteiger partial charge on any atom is -0.388 e. The molecule has 3 heteroatoms. The zero-order valence-corrected chi connectivity index (χ0v) is 4.91. The molecule has 0 aromatic rings. The number of fused-ring (bicyclic) bond motifs is 1. The van der Waals surface area contributed by atoms with E-state index >= 15 is 0 Å². The van der Waals surface area contributed by atoms with E-state index in [1.165, 1.54) is 0 Å². The molecule has 0 spiro atoms. The van der Waals surface area contributed by atoms with Crippen LogP contribution in [-0.4, -0.2) is 24.6 Å². The summed E-state index contributed by atoms with van der Waals surface area (Å²) in [5.74, 6) is 0. The molecule has 0 aliphatic carbocycles. The molecular weight excluding hydrogens is 114 g/mol. The number of nitrogens with one attached hydrogen (secondary N) is 1. The van der Waals surface area contributed by atoms with Gasteiger partial charge in [-0.3, -0.25) is 4.99 Å². The summed E-state index contributed by atoms with van der Waals surface area (Å²) < 4.78 is 0. The zero-order chi connectivity index (χ0) is 6.10. The van der Waals surface area contributed by atoms with Gasteiger partial charge in [0.25, 0.3) is 0 Å². The van der Waals surface area contributed by atoms with E-state index in [-0.39, 0.29) is 6.04 Å². The number of hydrogen-bond donors (Lipinski definition) is 1. The monoisotopic (exact) mass is 121 g/mol. The smallest absolute Gasteiger partial charge is 0.111 e. The van der Waals surface area contributed by atoms with Gasteiger partial charge < -0.3 is 5.32 Å². The van der Waals surface area contributed by atoms with Crippen molar-refractivity contribution in [2.75, 3.05) is 6.54 Å². The van der Waals surface area contributed by atoms with Gasteiger partial charge >= 0.3 is 0 Å². The first-order valence-electron chi connectivity index (χ1n) is 2.96. The van der Waals surface area contributed by atoms with Crippen LogP contribution in [0.15, 0.2) is 22.3 Å². The first kappa shape index (κ1) is 4.73. The van der Waals surface area contributed by atoms with Crippen molar-refractivity contribution >= 4 is 12.1 Å². The number of nitrogens with zero attached hydrogens (tertiary/aromatic N) is 2. The van der Waals surface area contributed by atoms with Gasteiger partial charge in [0.2, 0.25) is 0 Å². The molecule has 0 aromatic heterocycles. The van der Waals surface area contributed by atoms with Crippen LogP contribution >= 0.6 is 0 Å². The van der Waals surface area contributed by atoms with E-state index in [0.717, 1.165) is 12.3 Å². The van der Waals surface area contributed by atoms with Crippen molar-refractivity contribution in [3.05, 3.63) is 12.3 Å². The largest absolute Gasteiger partial charge is 0.388 e. The van der Waals surface area contributed by atoms with E-state index in [1.54, 1.807) is 6.34 Å². The van der Waals surface area contributed by atoms with Crippen LogP contribution in [0.4, 0.5) is 0 Å². The highest BCUT2D eigenvalue weighted by molar-refractivity contribution is 6.07. The third-order valence-corrected chi connectivity index (χ3v) is 1.48. The second-order valence-electron chi connectivity index (χ2n) is 2.08. The van der Waals surface area contributed by atoms with Crippen molar-refractivity contribution in [1.82, 2.24) is 5.32 Å². The van der Waals surface area contributed by atoms with Crippen LogP contribution in [0.2, 0.25) is 0 Å². The van der Waals surface area contributed by atoms with Gasteiger partial charge in [0.1, 0.15) is 12.4 Å². The SMILES string of the molecule is C1=CC2=NC=NC2CN1. The molecule has 9 heavy (non-hydrogen) atoms. The summed E-state index contributed by atoms with van der Waals surface area (Å²) in [4.78, 5) is 8.17. The van der Waals surface area contributed by atoms with E-state index in [9.17, 15) is 0 Å². The molecule has 0 aromatic carbocycles. The Hall–Kier alpha value is -1.12. The average Bonchev–Trinajstić information content (AvgIpc) is 2.33. The molecule has 2 heterocycles. The maximum Gasteiger partial charge on any atom is 0.111 e. The predicted octanol–water partition coefficient (Wildman–Crippen LogP) is -0.0452. The molecule has 1 unspecified atom stereocenters. The van der Waals surface area contributed by atoms with Gasteiger partial charge in [-0.1, -0.05) is 0 Å². The van der Waals surface area contributed by atoms with Crippen molar-refractivity contribution in [1.29, 1.82) is 0 Å². The summed E-state index contributed by atoms with van der Waals surface area (Å²) in [6.07, 6.45) is 5.49. The Bertz CT molecular complexity index is 202. The Morgan fingerprint density at radius 2 is 2.67 bits per heavy atom. The molecule has 0 fully saturated rings. The highest BCUT2D eigenvalue weighted by Crippen LogP contribution is 2.04. The topological polar surface area (TPSA) is 36.8 Å². The molecule has 46 valence electrons. The molecule has 2 rings (SSSR count). The molecule has 2 aliphatic rings. The van der Waals surface area contributed by atoms with Gasteiger partial charge in [0, 0.05) is 6.54 Å². The van der Waals surface area contributed by atoms with Crippen LogP contribution in [0.25, 0.3) is 0 Å². The maximum atomic E-state index is 4.12. The second kappa shape index (κ2) is 1.69. The van der Waals surface area contributed by atoms with Gasteiger partial charge in [-0.2, -0.15) is 0 Å². The second-order valence-corrected chi connectivity index (χ2v) is 2.08. The summed E-state index contributed by atoms with van der Waals surface area (Å²) >= 11 is 0. The predicted molar refractivity (Wildman–Crippen MR) is 36.9 cm³/mol. The fraction of sp³-hybridized carbons (Fsp3) is 0.333. The lowest BCUT2D eigenvalue weighted by Gasteiger charge is -2.12. The zero-order valence-electron chi connectivity index (χ0n) is 4.91. The molecule has 0 radical (unpaired) electrons. The summed E-state index contributed by atoms with van der Waals surface area (Å²) in [6.45, 7) is 0.895. The van der Waals surface area contributed by atoms with E-state index < -0.39 is 0 Å². The Labute approximate surface area is 53.2 Å². The minimum absolute atomic E-state index is 0.287. The number of aliphatic imine (C=N–C) groups is 2. The highest BCUT2D eigenvalue weighted by Gasteiger charge is 2.16. The summed E-state index contributed by atoms with van der Waals surface area (Å²) in [5.41, 5.74) is 1.08. The van der Waals surface area contributed by atoms with Crippen molar-refractivity contribution in [2.24, 2.45) is 9.98 Å². The van der Waals surface area contributed by atoms with Crippen LogP contribution in [0, 0.1) is 0 Å². The molecule has 2 aliphatic heterocycles. The van der Waals surface area contributed by atoms with Crippen molar-refractivity contribution in [3.8, 4) is 0 Å². The van der Waals surface area contributed by atoms with Crippen molar-refractivity contribution in [2.45, 2.75) is 6.04 Å². The van der Waals surface area contributed by atoms with Crippen LogP contribution in [0.1, 0.15) is 0 Å². The van der Waals surface area contributed by atoms with E-state index in [4.69, 9.17) is 0 Å². The highest BCUT2D eigenvalue weighted by atomic mass is 15.0. The minimum atomic E-state index is 0.287. The molecule has 0 saturated carbocycles. The van der Waals surface area contributed by atoms with E-state index in [1.807, 2.05) is 12.3 Å². The average molecular weight is 121 g/mol. The molecule has 3 nitrogen and oxygen atoms in total. The Morgan fingerprint density at radius 1 is 1.67 bits per heavy atom. The fourth-order valence-corrected chi connectivity index (χ4v) is 0.978. The lowest BCUT2D eigenvalue weighted by molar-refractivity contribution is 0.767. The third-order valence-electron chi connectivity index (χ3n) is 1.48. The lowest BCUT2D eigenvalue weighted by Crippen LogP contribution is -2.30. The number of hydrogen-bond acceptors (Lipinski definition) is 3. The maximum absolute atomic E-state index is 4.12. The van der Waals surface area contributed by atoms with Crippen molar-refractivity contribution < 1.29 is 0 Å². The summed E-state index contributed by atoms with van der Waals surface area (Å²) in [5, 5.41) is 3.08. The van der Waals surface area contributed by atoms with Crippen LogP contribution in [0.3, 0.4) is 0 Å². The molecule has 0 bridgehead atoms. The van der Waals surface area contributed by atoms with Gasteiger partial charge in [-0.15, -0.1) is 0 Å². The lowest BCUT2D eigenvalue weighted by atomic mass is 10.1. The Balaban J connectivity index is 2.31. The fourth-order valence-electron chi connectivity index (χ4n) is 0.978. The number of rotatable bonds is 0. The normalized spacial score (nSPS) is 29.3. The van der Waals surface area contributed by atoms with Crippen LogP contribution in [-0.2, 0) is 0 Å². The van der Waals surface area contributed by atoms with Gasteiger partial charge in [-0.05, 0) is 12.3 Å². The first-order chi connectivity index (χ1) is 4.47.